The van der Waals surface area contributed by atoms with E-state index in [2.05, 4.69) is 15.2 Å². The van der Waals surface area contributed by atoms with Crippen molar-refractivity contribution in [3.05, 3.63) is 58.7 Å². The predicted molar refractivity (Wildman–Crippen MR) is 74.8 cm³/mol. The minimum absolute atomic E-state index is 0.00868. The van der Waals surface area contributed by atoms with Crippen molar-refractivity contribution in [1.29, 1.82) is 5.26 Å². The molecule has 0 radical (unpaired) electrons. The van der Waals surface area contributed by atoms with Crippen LogP contribution in [0.5, 0.6) is 5.75 Å². The molecular weight excluding hydrogens is 346 g/mol. The average Bonchev–Trinajstić information content (AvgIpc) is 2.58. The lowest BCUT2D eigenvalue weighted by Crippen LogP contribution is -2.23. The maximum Gasteiger partial charge on any atom is 0.419 e. The number of nitrogens with zero attached hydrogens (tertiary/aromatic N) is 2. The number of nitriles is 1. The number of hydrogen-bond acceptors (Lipinski definition) is 5. The molecule has 130 valence electrons. The summed E-state index contributed by atoms with van der Waals surface area (Å²) in [6.45, 7) is -0.242. The van der Waals surface area contributed by atoms with Gasteiger partial charge in [-0.2, -0.15) is 18.4 Å². The summed E-state index contributed by atoms with van der Waals surface area (Å²) in [6.07, 6.45) is -3.81. The molecule has 25 heavy (non-hydrogen) atoms. The third kappa shape index (κ3) is 4.21. The number of carbonyl (C=O) groups is 1. The largest absolute Gasteiger partial charge is 0.419 e. The Morgan fingerprint density at radius 1 is 1.36 bits per heavy atom. The highest BCUT2D eigenvalue weighted by Crippen LogP contribution is 2.31. The average molecular weight is 355 g/mol. The maximum absolute atomic E-state index is 13.5. The second kappa shape index (κ2) is 7.14. The number of pyridine rings is 1. The van der Waals surface area contributed by atoms with Gasteiger partial charge in [0.25, 0.3) is 5.91 Å². The second-order valence-electron chi connectivity index (χ2n) is 4.76. The van der Waals surface area contributed by atoms with Crippen molar-refractivity contribution >= 4 is 5.91 Å². The van der Waals surface area contributed by atoms with Gasteiger partial charge in [-0.1, -0.05) is 0 Å². The topological polar surface area (TPSA) is 95.2 Å². The van der Waals surface area contributed by atoms with E-state index in [0.29, 0.717) is 12.1 Å². The fourth-order valence-corrected chi connectivity index (χ4v) is 1.93. The summed E-state index contributed by atoms with van der Waals surface area (Å²) in [4.78, 5) is 19.6. The van der Waals surface area contributed by atoms with Crippen LogP contribution in [0.1, 0.15) is 27.2 Å². The summed E-state index contributed by atoms with van der Waals surface area (Å²) >= 11 is 0. The first-order valence-corrected chi connectivity index (χ1v) is 6.61. The Morgan fingerprint density at radius 2 is 2.08 bits per heavy atom. The quantitative estimate of drug-likeness (QED) is 0.500. The van der Waals surface area contributed by atoms with Crippen molar-refractivity contribution < 1.29 is 32.5 Å². The minimum atomic E-state index is -4.86. The van der Waals surface area contributed by atoms with Gasteiger partial charge in [-0.15, -0.1) is 0 Å². The number of rotatable bonds is 4. The molecule has 2 N–H and O–H groups in total. The van der Waals surface area contributed by atoms with E-state index < -0.39 is 23.5 Å². The molecule has 1 aromatic carbocycles. The lowest BCUT2D eigenvalue weighted by atomic mass is 10.1. The summed E-state index contributed by atoms with van der Waals surface area (Å²) in [7, 11) is 0. The summed E-state index contributed by atoms with van der Waals surface area (Å²) < 4.78 is 51.0. The fraction of sp³-hybridized carbons (Fsp3) is 0.133. The SMILES string of the molecule is N#Cc1cc(CNC(=O)c2ccc(C(F)(F)F)c(F)c2)c(OO)cn1. The third-order valence-electron chi connectivity index (χ3n) is 3.14. The van der Waals surface area contributed by atoms with Gasteiger partial charge in [0, 0.05) is 17.7 Å². The number of nitrogens with one attached hydrogen (secondary N) is 1. The molecule has 0 atom stereocenters. The monoisotopic (exact) mass is 355 g/mol. The van der Waals surface area contributed by atoms with Crippen molar-refractivity contribution in [2.24, 2.45) is 0 Å². The van der Waals surface area contributed by atoms with Crippen LogP contribution in [0.4, 0.5) is 17.6 Å². The van der Waals surface area contributed by atoms with Crippen LogP contribution < -0.4 is 10.2 Å². The summed E-state index contributed by atoms with van der Waals surface area (Å²) in [5.41, 5.74) is -1.63. The Balaban J connectivity index is 2.16. The van der Waals surface area contributed by atoms with E-state index in [0.717, 1.165) is 12.3 Å². The molecule has 0 bridgehead atoms. The minimum Gasteiger partial charge on any atom is -0.348 e. The van der Waals surface area contributed by atoms with E-state index >= 15 is 0 Å². The standard InChI is InChI=1S/C15H9F4N3O3/c16-12-4-8(1-2-11(12)15(17,18)19)14(23)22-6-9-3-10(5-20)21-7-13(9)25-24/h1-4,7,24H,6H2,(H,22,23). The molecule has 0 spiro atoms. The number of amides is 1. The second-order valence-corrected chi connectivity index (χ2v) is 4.76. The summed E-state index contributed by atoms with van der Waals surface area (Å²) in [5, 5.41) is 19.8. The Labute approximate surface area is 138 Å². The summed E-state index contributed by atoms with van der Waals surface area (Å²) in [6, 6.07) is 4.75. The smallest absolute Gasteiger partial charge is 0.348 e. The molecule has 0 fully saturated rings. The zero-order chi connectivity index (χ0) is 18.6. The third-order valence-corrected chi connectivity index (χ3v) is 3.14. The predicted octanol–water partition coefficient (Wildman–Crippen LogP) is 2.89. The molecule has 0 unspecified atom stereocenters. The molecule has 0 aliphatic carbocycles. The van der Waals surface area contributed by atoms with Gasteiger partial charge in [-0.25, -0.2) is 14.6 Å². The van der Waals surface area contributed by atoms with Crippen LogP contribution in [0.15, 0.2) is 30.5 Å². The molecule has 6 nitrogen and oxygen atoms in total. The molecule has 0 aliphatic heterocycles. The normalized spacial score (nSPS) is 10.9. The molecule has 1 aromatic heterocycles. The first kappa shape index (κ1) is 18.2. The van der Waals surface area contributed by atoms with Crippen LogP contribution in [-0.4, -0.2) is 16.1 Å². The molecule has 0 saturated heterocycles. The lowest BCUT2D eigenvalue weighted by Gasteiger charge is -2.11. The van der Waals surface area contributed by atoms with Crippen LogP contribution in [0.3, 0.4) is 0 Å². The zero-order valence-corrected chi connectivity index (χ0v) is 12.3. The first-order valence-electron chi connectivity index (χ1n) is 6.61. The van der Waals surface area contributed by atoms with Gasteiger partial charge < -0.3 is 10.2 Å². The van der Waals surface area contributed by atoms with E-state index in [1.807, 2.05) is 0 Å². The molecule has 0 saturated carbocycles. The van der Waals surface area contributed by atoms with Crippen LogP contribution in [0.2, 0.25) is 0 Å². The lowest BCUT2D eigenvalue weighted by molar-refractivity contribution is -0.140. The van der Waals surface area contributed by atoms with Crippen LogP contribution in [0, 0.1) is 17.1 Å². The van der Waals surface area contributed by atoms with Crippen molar-refractivity contribution in [3.8, 4) is 11.8 Å². The molecule has 1 heterocycles. The van der Waals surface area contributed by atoms with E-state index in [1.54, 1.807) is 6.07 Å². The van der Waals surface area contributed by atoms with E-state index in [1.165, 1.54) is 6.07 Å². The van der Waals surface area contributed by atoms with E-state index in [-0.39, 0.29) is 29.1 Å². The Morgan fingerprint density at radius 3 is 2.64 bits per heavy atom. The Kier molecular flexibility index (Phi) is 5.19. The number of carbonyl (C=O) groups excluding carboxylic acids is 1. The Hall–Kier alpha value is -3.19. The van der Waals surface area contributed by atoms with Crippen molar-refractivity contribution in [3.63, 3.8) is 0 Å². The van der Waals surface area contributed by atoms with E-state index in [9.17, 15) is 22.4 Å². The maximum atomic E-state index is 13.5. The van der Waals surface area contributed by atoms with Gasteiger partial charge in [0.05, 0.1) is 11.8 Å². The number of alkyl halides is 3. The first-order chi connectivity index (χ1) is 11.8. The fourth-order valence-electron chi connectivity index (χ4n) is 1.93. The summed E-state index contributed by atoms with van der Waals surface area (Å²) in [5.74, 6) is -2.56. The highest BCUT2D eigenvalue weighted by Gasteiger charge is 2.34. The molecule has 0 aliphatic rings. The van der Waals surface area contributed by atoms with Gasteiger partial charge in [0.15, 0.2) is 5.75 Å². The molecule has 10 heteroatoms. The van der Waals surface area contributed by atoms with Gasteiger partial charge in [0.1, 0.15) is 17.6 Å². The van der Waals surface area contributed by atoms with E-state index in [4.69, 9.17) is 10.5 Å². The molecule has 2 aromatic rings. The molecule has 1 amide bonds. The van der Waals surface area contributed by atoms with Crippen LogP contribution in [-0.2, 0) is 12.7 Å². The highest BCUT2D eigenvalue weighted by molar-refractivity contribution is 5.94. The Bertz CT molecular complexity index is 847. The molecular formula is C15H9F4N3O3. The number of halogens is 4. The highest BCUT2D eigenvalue weighted by atomic mass is 19.4. The molecule has 2 rings (SSSR count). The van der Waals surface area contributed by atoms with Crippen LogP contribution in [0.25, 0.3) is 0 Å². The number of aromatic nitrogens is 1. The van der Waals surface area contributed by atoms with Gasteiger partial charge in [-0.05, 0) is 24.3 Å². The number of hydrogen-bond donors (Lipinski definition) is 2. The van der Waals surface area contributed by atoms with Crippen molar-refractivity contribution in [2.75, 3.05) is 0 Å². The number of benzene rings is 1. The van der Waals surface area contributed by atoms with Crippen LogP contribution >= 0.6 is 0 Å². The van der Waals surface area contributed by atoms with Gasteiger partial charge in [-0.3, -0.25) is 4.79 Å². The zero-order valence-electron chi connectivity index (χ0n) is 12.3. The van der Waals surface area contributed by atoms with Gasteiger partial charge in [0.2, 0.25) is 0 Å². The van der Waals surface area contributed by atoms with Crippen molar-refractivity contribution in [2.45, 2.75) is 12.7 Å². The van der Waals surface area contributed by atoms with Gasteiger partial charge >= 0.3 is 6.18 Å². The van der Waals surface area contributed by atoms with Crippen molar-refractivity contribution in [1.82, 2.24) is 10.3 Å².